The summed E-state index contributed by atoms with van der Waals surface area (Å²) < 4.78 is 28.5. The van der Waals surface area contributed by atoms with E-state index in [2.05, 4.69) is 25.3 Å². The molecule has 1 heterocycles. The number of aliphatic hydroxyl groups is 1. The standard InChI is InChI=1S/C27H21Cl2N5O4S/c1-17-9-10-19(14-23(17)29)34-39(37,38)21-11-12-22(28)24(15-21)32-33-25(26(35)18-6-3-2-4-7-18)27(36)31-20-8-5-13-30-16-20/h2-16,34-35H,1H3,(H,31,36). The maximum absolute atomic E-state index is 13.1. The fourth-order valence-electron chi connectivity index (χ4n) is 3.27. The van der Waals surface area contributed by atoms with Gasteiger partial charge in [0.2, 0.25) is 0 Å². The third-order valence-electron chi connectivity index (χ3n) is 5.32. The van der Waals surface area contributed by atoms with E-state index in [-0.39, 0.29) is 21.3 Å². The van der Waals surface area contributed by atoms with E-state index >= 15 is 0 Å². The molecule has 4 aromatic rings. The van der Waals surface area contributed by atoms with Crippen molar-refractivity contribution in [2.45, 2.75) is 11.8 Å². The van der Waals surface area contributed by atoms with Crippen molar-refractivity contribution in [3.63, 3.8) is 0 Å². The molecule has 0 aliphatic rings. The molecule has 0 fully saturated rings. The number of benzene rings is 3. The van der Waals surface area contributed by atoms with Gasteiger partial charge in [0.1, 0.15) is 5.69 Å². The molecule has 39 heavy (non-hydrogen) atoms. The molecule has 3 aromatic carbocycles. The number of anilines is 2. The van der Waals surface area contributed by atoms with Crippen LogP contribution in [0.3, 0.4) is 0 Å². The van der Waals surface area contributed by atoms with Crippen LogP contribution < -0.4 is 10.0 Å². The lowest BCUT2D eigenvalue weighted by atomic mass is 10.1. The van der Waals surface area contributed by atoms with Crippen molar-refractivity contribution in [3.05, 3.63) is 118 Å². The molecule has 0 spiro atoms. The van der Waals surface area contributed by atoms with E-state index in [1.54, 1.807) is 67.7 Å². The number of nitrogens with zero attached hydrogens (tertiary/aromatic N) is 3. The lowest BCUT2D eigenvalue weighted by molar-refractivity contribution is -0.112. The number of hydrogen-bond acceptors (Lipinski definition) is 7. The Bertz CT molecular complexity index is 1680. The minimum Gasteiger partial charge on any atom is -0.505 e. The van der Waals surface area contributed by atoms with Crippen LogP contribution >= 0.6 is 23.2 Å². The first-order valence-electron chi connectivity index (χ1n) is 11.3. The Morgan fingerprint density at radius 1 is 0.923 bits per heavy atom. The monoisotopic (exact) mass is 581 g/mol. The van der Waals surface area contributed by atoms with Crippen LogP contribution in [0.25, 0.3) is 5.76 Å². The number of amides is 1. The summed E-state index contributed by atoms with van der Waals surface area (Å²) in [6.45, 7) is 1.80. The fourth-order valence-corrected chi connectivity index (χ4v) is 4.68. The molecule has 3 N–H and O–H groups in total. The zero-order chi connectivity index (χ0) is 28.0. The van der Waals surface area contributed by atoms with Crippen LogP contribution in [0, 0.1) is 6.92 Å². The van der Waals surface area contributed by atoms with E-state index in [0.717, 1.165) is 5.56 Å². The molecule has 0 aliphatic carbocycles. The van der Waals surface area contributed by atoms with Gasteiger partial charge in [-0.2, -0.15) is 0 Å². The fraction of sp³-hybridized carbons (Fsp3) is 0.0370. The molecule has 1 aromatic heterocycles. The number of aliphatic hydroxyl groups excluding tert-OH is 1. The summed E-state index contributed by atoms with van der Waals surface area (Å²) in [5.41, 5.74) is 1.27. The number of pyridine rings is 1. The van der Waals surface area contributed by atoms with E-state index < -0.39 is 27.4 Å². The lowest BCUT2D eigenvalue weighted by Gasteiger charge is -2.10. The topological polar surface area (TPSA) is 133 Å². The van der Waals surface area contributed by atoms with Gasteiger partial charge in [-0.05, 0) is 55.0 Å². The molecule has 0 bridgehead atoms. The second-order valence-corrected chi connectivity index (χ2v) is 10.6. The maximum atomic E-state index is 13.1. The average molecular weight is 582 g/mol. The second-order valence-electron chi connectivity index (χ2n) is 8.14. The minimum absolute atomic E-state index is 0.0472. The van der Waals surface area contributed by atoms with Gasteiger partial charge in [-0.15, -0.1) is 10.2 Å². The van der Waals surface area contributed by atoms with E-state index in [9.17, 15) is 18.3 Å². The number of aromatic nitrogens is 1. The Morgan fingerprint density at radius 2 is 1.69 bits per heavy atom. The Kier molecular flexibility index (Phi) is 8.60. The molecule has 9 nitrogen and oxygen atoms in total. The summed E-state index contributed by atoms with van der Waals surface area (Å²) in [6.07, 6.45) is 2.96. The first kappa shape index (κ1) is 27.8. The lowest BCUT2D eigenvalue weighted by Crippen LogP contribution is -2.15. The number of hydrogen-bond donors (Lipinski definition) is 3. The van der Waals surface area contributed by atoms with Gasteiger partial charge in [-0.25, -0.2) is 8.42 Å². The summed E-state index contributed by atoms with van der Waals surface area (Å²) in [5.74, 6) is -1.22. The van der Waals surface area contributed by atoms with Crippen LogP contribution in [0.15, 0.2) is 112 Å². The van der Waals surface area contributed by atoms with E-state index in [1.165, 1.54) is 30.5 Å². The van der Waals surface area contributed by atoms with Crippen LogP contribution in [0.4, 0.5) is 17.1 Å². The second kappa shape index (κ2) is 12.1. The number of nitrogens with one attached hydrogen (secondary N) is 2. The Hall–Kier alpha value is -4.25. The molecule has 0 aliphatic heterocycles. The summed E-state index contributed by atoms with van der Waals surface area (Å²) >= 11 is 12.4. The molecular formula is C27H21Cl2N5O4S. The van der Waals surface area contributed by atoms with Crippen LogP contribution in [-0.2, 0) is 14.8 Å². The zero-order valence-corrected chi connectivity index (χ0v) is 22.7. The highest BCUT2D eigenvalue weighted by Crippen LogP contribution is 2.31. The Morgan fingerprint density at radius 3 is 2.38 bits per heavy atom. The van der Waals surface area contributed by atoms with Gasteiger partial charge in [0, 0.05) is 16.8 Å². The van der Waals surface area contributed by atoms with E-state index in [4.69, 9.17) is 23.2 Å². The molecule has 0 saturated carbocycles. The molecule has 0 atom stereocenters. The third kappa shape index (κ3) is 6.99. The summed E-state index contributed by atoms with van der Waals surface area (Å²) in [7, 11) is -4.05. The minimum atomic E-state index is -4.05. The normalized spacial score (nSPS) is 12.2. The molecule has 198 valence electrons. The Labute approximate surface area is 234 Å². The first-order chi connectivity index (χ1) is 18.6. The number of rotatable bonds is 8. The number of carbonyl (C=O) groups is 1. The van der Waals surface area contributed by atoms with Crippen molar-refractivity contribution < 1.29 is 18.3 Å². The molecule has 1 amide bonds. The molecule has 0 radical (unpaired) electrons. The van der Waals surface area contributed by atoms with Gasteiger partial charge >= 0.3 is 0 Å². The van der Waals surface area contributed by atoms with E-state index in [0.29, 0.717) is 16.3 Å². The predicted octanol–water partition coefficient (Wildman–Crippen LogP) is 7.15. The molecule has 0 saturated heterocycles. The van der Waals surface area contributed by atoms with Gasteiger partial charge in [-0.3, -0.25) is 14.5 Å². The van der Waals surface area contributed by atoms with Gasteiger partial charge in [-0.1, -0.05) is 59.6 Å². The highest BCUT2D eigenvalue weighted by molar-refractivity contribution is 7.92. The zero-order valence-electron chi connectivity index (χ0n) is 20.3. The van der Waals surface area contributed by atoms with Crippen LogP contribution in [-0.4, -0.2) is 24.4 Å². The first-order valence-corrected chi connectivity index (χ1v) is 13.6. The molecule has 0 unspecified atom stereocenters. The maximum Gasteiger partial charge on any atom is 0.280 e. The third-order valence-corrected chi connectivity index (χ3v) is 7.42. The van der Waals surface area contributed by atoms with E-state index in [1.807, 2.05) is 0 Å². The van der Waals surface area contributed by atoms with Crippen molar-refractivity contribution in [2.75, 3.05) is 10.0 Å². The highest BCUT2D eigenvalue weighted by atomic mass is 35.5. The van der Waals surface area contributed by atoms with Crippen molar-refractivity contribution in [1.29, 1.82) is 0 Å². The van der Waals surface area contributed by atoms with Crippen molar-refractivity contribution in [3.8, 4) is 0 Å². The quantitative estimate of drug-likeness (QED) is 0.115. The predicted molar refractivity (Wildman–Crippen MR) is 152 cm³/mol. The van der Waals surface area contributed by atoms with Crippen LogP contribution in [0.2, 0.25) is 10.0 Å². The number of halogens is 2. The van der Waals surface area contributed by atoms with Crippen molar-refractivity contribution in [1.82, 2.24) is 4.98 Å². The number of azo groups is 1. The molecule has 4 rings (SSSR count). The van der Waals surface area contributed by atoms with Crippen molar-refractivity contribution >= 4 is 62.0 Å². The average Bonchev–Trinajstić information content (AvgIpc) is 2.92. The van der Waals surface area contributed by atoms with Gasteiger partial charge in [0.15, 0.2) is 11.5 Å². The largest absolute Gasteiger partial charge is 0.505 e. The summed E-state index contributed by atoms with van der Waals surface area (Å²) in [6, 6.07) is 20.1. The Balaban J connectivity index is 1.68. The number of carbonyl (C=O) groups excluding carboxylic acids is 1. The summed E-state index contributed by atoms with van der Waals surface area (Å²) in [5, 5.41) is 21.9. The molecule has 12 heteroatoms. The van der Waals surface area contributed by atoms with Crippen LogP contribution in [0.5, 0.6) is 0 Å². The SMILES string of the molecule is Cc1ccc(NS(=O)(=O)c2ccc(Cl)c(N=NC(C(=O)Nc3cccnc3)=C(O)c3ccccc3)c2)cc1Cl. The van der Waals surface area contributed by atoms with Crippen molar-refractivity contribution in [2.24, 2.45) is 10.2 Å². The van der Waals surface area contributed by atoms with Gasteiger partial charge in [0.05, 0.1) is 27.5 Å². The van der Waals surface area contributed by atoms with Crippen LogP contribution in [0.1, 0.15) is 11.1 Å². The summed E-state index contributed by atoms with van der Waals surface area (Å²) in [4.78, 5) is 16.8. The van der Waals surface area contributed by atoms with Gasteiger partial charge < -0.3 is 10.4 Å². The highest BCUT2D eigenvalue weighted by Gasteiger charge is 2.19. The van der Waals surface area contributed by atoms with Gasteiger partial charge in [0.25, 0.3) is 15.9 Å². The number of aryl methyl sites for hydroxylation is 1. The smallest absolute Gasteiger partial charge is 0.280 e. The molecular weight excluding hydrogens is 561 g/mol. The number of sulfonamides is 1.